The van der Waals surface area contributed by atoms with E-state index in [1.165, 1.54) is 0 Å². The van der Waals surface area contributed by atoms with Crippen LogP contribution in [0.4, 0.5) is 17.6 Å². The molecule has 15 heavy (non-hydrogen) atoms. The Morgan fingerprint density at radius 2 is 1.67 bits per heavy atom. The maximum atomic E-state index is 12.8. The van der Waals surface area contributed by atoms with E-state index in [0.717, 1.165) is 12.1 Å². The lowest BCUT2D eigenvalue weighted by molar-refractivity contribution is 0.0990. The molecule has 0 aliphatic carbocycles. The van der Waals surface area contributed by atoms with Crippen LogP contribution in [0.5, 0.6) is 0 Å². The highest BCUT2D eigenvalue weighted by atomic mass is 19.3. The lowest BCUT2D eigenvalue weighted by Crippen LogP contribution is -2.27. The lowest BCUT2D eigenvalue weighted by atomic mass is 10.1. The third-order valence-electron chi connectivity index (χ3n) is 1.92. The first-order chi connectivity index (χ1) is 7.04. The first kappa shape index (κ1) is 12.0. The van der Waals surface area contributed by atoms with E-state index in [4.69, 9.17) is 0 Å². The van der Waals surface area contributed by atoms with Crippen LogP contribution in [0, 0.1) is 11.6 Å². The number of benzene rings is 1. The summed E-state index contributed by atoms with van der Waals surface area (Å²) in [4.78, 5) is 0. The molecule has 1 aromatic carbocycles. The van der Waals surface area contributed by atoms with E-state index >= 15 is 0 Å². The van der Waals surface area contributed by atoms with Crippen molar-refractivity contribution in [3.63, 3.8) is 0 Å². The number of hydrogen-bond donors (Lipinski definition) is 1. The minimum atomic E-state index is -2.70. The molecule has 5 heteroatoms. The molecule has 1 aromatic rings. The molecule has 1 N–H and O–H groups in total. The van der Waals surface area contributed by atoms with Gasteiger partial charge in [-0.15, -0.1) is 0 Å². The number of rotatable bonds is 4. The summed E-state index contributed by atoms with van der Waals surface area (Å²) in [5.41, 5.74) is -0.0793. The zero-order valence-corrected chi connectivity index (χ0v) is 8.11. The molecule has 0 saturated heterocycles. The summed E-state index contributed by atoms with van der Waals surface area (Å²) in [7, 11) is 0. The van der Waals surface area contributed by atoms with Crippen LogP contribution in [-0.2, 0) is 0 Å². The van der Waals surface area contributed by atoms with Gasteiger partial charge in [-0.05, 0) is 24.2 Å². The molecule has 0 aromatic heterocycles. The van der Waals surface area contributed by atoms with Gasteiger partial charge in [0.2, 0.25) is 0 Å². The van der Waals surface area contributed by atoms with E-state index in [9.17, 15) is 17.6 Å². The molecule has 1 rings (SSSR count). The number of nitrogens with one attached hydrogen (secondary N) is 1. The van der Waals surface area contributed by atoms with Gasteiger partial charge in [-0.25, -0.2) is 17.6 Å². The van der Waals surface area contributed by atoms with Crippen LogP contribution < -0.4 is 5.32 Å². The van der Waals surface area contributed by atoms with E-state index in [1.54, 1.807) is 6.92 Å². The van der Waals surface area contributed by atoms with Crippen molar-refractivity contribution in [1.29, 1.82) is 0 Å². The second kappa shape index (κ2) is 5.11. The molecule has 0 fully saturated rings. The molecule has 1 unspecified atom stereocenters. The van der Waals surface area contributed by atoms with Crippen molar-refractivity contribution in [1.82, 2.24) is 5.32 Å². The van der Waals surface area contributed by atoms with Crippen LogP contribution in [0.3, 0.4) is 0 Å². The Hall–Kier alpha value is -1.10. The van der Waals surface area contributed by atoms with E-state index in [0.29, 0.717) is 12.6 Å². The molecule has 0 radical (unpaired) electrons. The normalized spacial score (nSPS) is 13.2. The van der Waals surface area contributed by atoms with Crippen molar-refractivity contribution < 1.29 is 17.6 Å². The molecule has 0 saturated carbocycles. The third kappa shape index (κ3) is 3.20. The highest BCUT2D eigenvalue weighted by Crippen LogP contribution is 2.22. The Labute approximate surface area is 85.1 Å². The Bertz CT molecular complexity index is 307. The fourth-order valence-electron chi connectivity index (χ4n) is 1.33. The molecule has 0 heterocycles. The second-order valence-electron chi connectivity index (χ2n) is 3.07. The van der Waals surface area contributed by atoms with Crippen LogP contribution in [0.15, 0.2) is 18.2 Å². The third-order valence-corrected chi connectivity index (χ3v) is 1.92. The smallest absolute Gasteiger partial charge is 0.257 e. The average molecular weight is 221 g/mol. The number of halogens is 4. The summed E-state index contributed by atoms with van der Waals surface area (Å²) in [6.45, 7) is 1.94. The molecule has 0 spiro atoms. The maximum Gasteiger partial charge on any atom is 0.257 e. The minimum Gasteiger partial charge on any atom is -0.305 e. The molecular formula is C10H11F4N. The molecule has 0 amide bonds. The van der Waals surface area contributed by atoms with Gasteiger partial charge in [0.05, 0.1) is 6.04 Å². The van der Waals surface area contributed by atoms with Crippen LogP contribution in [0.25, 0.3) is 0 Å². The van der Waals surface area contributed by atoms with Crippen LogP contribution in [-0.4, -0.2) is 13.0 Å². The molecule has 0 bridgehead atoms. The predicted octanol–water partition coefficient (Wildman–Crippen LogP) is 2.88. The van der Waals surface area contributed by atoms with E-state index < -0.39 is 24.1 Å². The highest BCUT2D eigenvalue weighted by molar-refractivity contribution is 5.22. The molecule has 0 aliphatic rings. The van der Waals surface area contributed by atoms with Crippen molar-refractivity contribution in [2.24, 2.45) is 0 Å². The van der Waals surface area contributed by atoms with E-state index in [2.05, 4.69) is 5.32 Å². The van der Waals surface area contributed by atoms with Gasteiger partial charge in [0.1, 0.15) is 11.6 Å². The quantitative estimate of drug-likeness (QED) is 0.771. The first-order valence-electron chi connectivity index (χ1n) is 4.52. The molecule has 1 nitrogen and oxygen atoms in total. The van der Waals surface area contributed by atoms with E-state index in [1.807, 2.05) is 0 Å². The van der Waals surface area contributed by atoms with Crippen molar-refractivity contribution >= 4 is 0 Å². The topological polar surface area (TPSA) is 12.0 Å². The van der Waals surface area contributed by atoms with Gasteiger partial charge in [-0.3, -0.25) is 0 Å². The van der Waals surface area contributed by atoms with Crippen molar-refractivity contribution in [3.05, 3.63) is 35.4 Å². The van der Waals surface area contributed by atoms with Gasteiger partial charge in [0, 0.05) is 6.07 Å². The van der Waals surface area contributed by atoms with Crippen LogP contribution in [0.1, 0.15) is 18.5 Å². The molecular weight excluding hydrogens is 210 g/mol. The average Bonchev–Trinajstić information content (AvgIpc) is 2.11. The summed E-state index contributed by atoms with van der Waals surface area (Å²) in [5.74, 6) is -1.71. The number of hydrogen-bond acceptors (Lipinski definition) is 1. The Kier molecular flexibility index (Phi) is 4.08. The van der Waals surface area contributed by atoms with Crippen LogP contribution in [0.2, 0.25) is 0 Å². The zero-order chi connectivity index (χ0) is 11.4. The first-order valence-corrected chi connectivity index (χ1v) is 4.52. The Morgan fingerprint density at radius 1 is 1.13 bits per heavy atom. The van der Waals surface area contributed by atoms with Crippen molar-refractivity contribution in [2.75, 3.05) is 6.54 Å². The van der Waals surface area contributed by atoms with Crippen LogP contribution >= 0.6 is 0 Å². The van der Waals surface area contributed by atoms with Gasteiger partial charge in [0.15, 0.2) is 0 Å². The maximum absolute atomic E-state index is 12.8. The molecule has 0 aliphatic heterocycles. The van der Waals surface area contributed by atoms with Gasteiger partial charge in [-0.1, -0.05) is 6.92 Å². The van der Waals surface area contributed by atoms with Crippen molar-refractivity contribution in [2.45, 2.75) is 19.4 Å². The zero-order valence-electron chi connectivity index (χ0n) is 8.11. The summed E-state index contributed by atoms with van der Waals surface area (Å²) < 4.78 is 50.6. The summed E-state index contributed by atoms with van der Waals surface area (Å²) in [6, 6.07) is 1.13. The van der Waals surface area contributed by atoms with Crippen molar-refractivity contribution in [3.8, 4) is 0 Å². The number of alkyl halides is 2. The van der Waals surface area contributed by atoms with Gasteiger partial charge >= 0.3 is 0 Å². The summed E-state index contributed by atoms with van der Waals surface area (Å²) in [6.07, 6.45) is -2.70. The molecule has 84 valence electrons. The Morgan fingerprint density at radius 3 is 2.07 bits per heavy atom. The monoisotopic (exact) mass is 221 g/mol. The predicted molar refractivity (Wildman–Crippen MR) is 48.8 cm³/mol. The standard InChI is InChI=1S/C10H11F4N/c1-2-15-9(10(13)14)6-3-7(11)5-8(12)4-6/h3-5,9-10,15H,2H2,1H3. The fourth-order valence-corrected chi connectivity index (χ4v) is 1.33. The van der Waals surface area contributed by atoms with Gasteiger partial charge in [0.25, 0.3) is 6.43 Å². The highest BCUT2D eigenvalue weighted by Gasteiger charge is 2.22. The minimum absolute atomic E-state index is 0.0793. The Balaban J connectivity index is 2.99. The summed E-state index contributed by atoms with van der Waals surface area (Å²) in [5, 5.41) is 2.47. The van der Waals surface area contributed by atoms with E-state index in [-0.39, 0.29) is 5.56 Å². The lowest BCUT2D eigenvalue weighted by Gasteiger charge is -2.17. The van der Waals surface area contributed by atoms with Gasteiger partial charge < -0.3 is 5.32 Å². The van der Waals surface area contributed by atoms with Gasteiger partial charge in [-0.2, -0.15) is 0 Å². The SMILES string of the molecule is CCNC(c1cc(F)cc(F)c1)C(F)F. The largest absolute Gasteiger partial charge is 0.305 e. The fraction of sp³-hybridized carbons (Fsp3) is 0.400. The summed E-state index contributed by atoms with van der Waals surface area (Å²) >= 11 is 0. The molecule has 1 atom stereocenters. The second-order valence-corrected chi connectivity index (χ2v) is 3.07.